The van der Waals surface area contributed by atoms with Gasteiger partial charge in [-0.2, -0.15) is 0 Å². The molecule has 4 aliphatic rings. The molecule has 1 saturated carbocycles. The monoisotopic (exact) mass is 646 g/mol. The third kappa shape index (κ3) is 4.78. The number of fused-ring (bicyclic) bond motifs is 3. The van der Waals surface area contributed by atoms with Crippen LogP contribution in [0.1, 0.15) is 37.3 Å². The van der Waals surface area contributed by atoms with Gasteiger partial charge in [-0.05, 0) is 70.8 Å². The number of nitrogens with zero attached hydrogens (tertiary/aromatic N) is 2. The summed E-state index contributed by atoms with van der Waals surface area (Å²) in [5, 5.41) is 48.0. The zero-order valence-corrected chi connectivity index (χ0v) is 25.8. The number of likely N-dealkylation sites (tertiary alicyclic amines) is 1. The molecule has 0 radical (unpaired) electrons. The van der Waals surface area contributed by atoms with Gasteiger partial charge >= 0.3 is 5.97 Å². The average Bonchev–Trinajstić information content (AvgIpc) is 3.45. The molecule has 1 aromatic carbocycles. The lowest BCUT2D eigenvalue weighted by molar-refractivity contribution is -0.154. The fourth-order valence-corrected chi connectivity index (χ4v) is 7.67. The summed E-state index contributed by atoms with van der Waals surface area (Å²) in [5.41, 5.74) is 1.21. The minimum Gasteiger partial charge on any atom is -0.508 e. The Morgan fingerprint density at radius 2 is 1.89 bits per heavy atom. The smallest absolute Gasteiger partial charge is 0.323 e. The van der Waals surface area contributed by atoms with Crippen LogP contribution in [-0.4, -0.2) is 111 Å². The van der Waals surface area contributed by atoms with Gasteiger partial charge in [-0.15, -0.1) is 0 Å². The number of hydrogen-bond acceptors (Lipinski definition) is 12. The third-order valence-corrected chi connectivity index (χ3v) is 9.85. The number of methoxy groups -OCH3 is 1. The van der Waals surface area contributed by atoms with Crippen molar-refractivity contribution < 1.29 is 49.1 Å². The molecule has 1 saturated heterocycles. The van der Waals surface area contributed by atoms with E-state index < -0.39 is 87.8 Å². The number of primary amides is 1. The molecule has 1 aliphatic heterocycles. The molecule has 1 aromatic rings. The molecule has 0 aromatic heterocycles. The van der Waals surface area contributed by atoms with Gasteiger partial charge in [0.2, 0.25) is 11.7 Å². The van der Waals surface area contributed by atoms with Crippen molar-refractivity contribution in [3.05, 3.63) is 39.1 Å². The van der Waals surface area contributed by atoms with E-state index >= 15 is 0 Å². The second-order valence-electron chi connectivity index (χ2n) is 12.2. The molecule has 1 heterocycles. The van der Waals surface area contributed by atoms with E-state index in [1.54, 1.807) is 11.8 Å². The molecule has 242 valence electrons. The Kier molecular flexibility index (Phi) is 8.23. The molecule has 3 aliphatic carbocycles. The van der Waals surface area contributed by atoms with Crippen LogP contribution in [0.4, 0.5) is 5.69 Å². The van der Waals surface area contributed by atoms with Gasteiger partial charge in [0.25, 0.3) is 5.91 Å². The van der Waals surface area contributed by atoms with Crippen LogP contribution in [0.5, 0.6) is 5.75 Å². The predicted octanol–water partition coefficient (Wildman–Crippen LogP) is 0.582. The van der Waals surface area contributed by atoms with E-state index in [1.807, 2.05) is 0 Å². The highest BCUT2D eigenvalue weighted by Crippen LogP contribution is 2.54. The van der Waals surface area contributed by atoms with Gasteiger partial charge in [0.15, 0.2) is 17.1 Å². The van der Waals surface area contributed by atoms with E-state index in [9.17, 15) is 44.4 Å². The van der Waals surface area contributed by atoms with E-state index in [0.29, 0.717) is 24.9 Å². The minimum atomic E-state index is -2.77. The highest BCUT2D eigenvalue weighted by molar-refractivity contribution is 6.34. The minimum absolute atomic E-state index is 0.0427. The van der Waals surface area contributed by atoms with Crippen molar-refractivity contribution in [3.8, 4) is 5.75 Å². The van der Waals surface area contributed by atoms with Gasteiger partial charge < -0.3 is 36.2 Å². The molecular formula is C30H35ClN4O10. The second kappa shape index (κ2) is 11.4. The number of halogens is 1. The normalized spacial score (nSPS) is 28.9. The maximum atomic E-state index is 14.0. The zero-order valence-electron chi connectivity index (χ0n) is 25.1. The number of Topliss-reactive ketones (excluding diaryl/α,β-unsaturated/α-hetero) is 2. The Morgan fingerprint density at radius 1 is 1.22 bits per heavy atom. The standard InChI is InChI=1S/C30H35ClN4O10/c1-11(35-7-5-6-16(35)29(43)45-4)28(42)33-20-15(31)10-13-8-12-9-14-21(34(2)3)24(38)19(27(32)41)26(40)30(14,44)25(39)18(12)22(36)17(13)23(20)37/h10-12,14,16,21,36-37,40,44H,5-9H2,1-4H3,(H2,32,41)(H,33,42)/t11?,12?,14?,16?,21-,30-/m0/s1. The number of aromatic hydroxyl groups is 1. The van der Waals surface area contributed by atoms with E-state index in [0.717, 1.165) is 0 Å². The Morgan fingerprint density at radius 3 is 2.49 bits per heavy atom. The number of ketones is 2. The van der Waals surface area contributed by atoms with Crippen molar-refractivity contribution in [2.45, 2.75) is 56.3 Å². The molecule has 6 atom stereocenters. The van der Waals surface area contributed by atoms with Crippen LogP contribution in [0.2, 0.25) is 5.02 Å². The van der Waals surface area contributed by atoms with E-state index in [2.05, 4.69) is 5.32 Å². The number of nitrogens with two attached hydrogens (primary N) is 1. The number of anilines is 1. The number of hydrogen-bond donors (Lipinski definition) is 6. The van der Waals surface area contributed by atoms with E-state index in [1.165, 1.54) is 32.2 Å². The number of esters is 1. The maximum Gasteiger partial charge on any atom is 0.323 e. The number of phenolic OH excluding ortho intramolecular Hbond substituents is 1. The first-order valence-electron chi connectivity index (χ1n) is 14.4. The van der Waals surface area contributed by atoms with Gasteiger partial charge in [-0.25, -0.2) is 0 Å². The second-order valence-corrected chi connectivity index (χ2v) is 12.6. The highest BCUT2D eigenvalue weighted by Gasteiger charge is 2.64. The van der Waals surface area contributed by atoms with Crippen molar-refractivity contribution >= 4 is 52.4 Å². The number of carbonyl (C=O) groups is 5. The Hall–Kier alpha value is -3.98. The number of nitrogens with one attached hydrogen (secondary N) is 1. The quantitative estimate of drug-likeness (QED) is 0.142. The van der Waals surface area contributed by atoms with Crippen molar-refractivity contribution in [1.82, 2.24) is 9.80 Å². The molecule has 0 spiro atoms. The molecule has 2 fully saturated rings. The number of phenols is 1. The van der Waals surface area contributed by atoms with Crippen LogP contribution >= 0.6 is 11.6 Å². The Bertz CT molecular complexity index is 1600. The van der Waals surface area contributed by atoms with Crippen molar-refractivity contribution in [2.24, 2.45) is 17.6 Å². The number of benzene rings is 1. The van der Waals surface area contributed by atoms with Gasteiger partial charge in [-0.1, -0.05) is 11.6 Å². The zero-order chi connectivity index (χ0) is 33.3. The van der Waals surface area contributed by atoms with Crippen LogP contribution in [0.15, 0.2) is 23.0 Å². The van der Waals surface area contributed by atoms with Crippen LogP contribution in [0.25, 0.3) is 5.76 Å². The van der Waals surface area contributed by atoms with Crippen molar-refractivity contribution in [2.75, 3.05) is 33.1 Å². The van der Waals surface area contributed by atoms with E-state index in [-0.39, 0.29) is 34.7 Å². The fraction of sp³-hybridized carbons (Fsp3) is 0.500. The average molecular weight is 647 g/mol. The molecule has 7 N–H and O–H groups in total. The molecule has 15 heteroatoms. The van der Waals surface area contributed by atoms with E-state index in [4.69, 9.17) is 22.1 Å². The number of ether oxygens (including phenoxy) is 1. The van der Waals surface area contributed by atoms with Gasteiger partial charge in [0.1, 0.15) is 28.8 Å². The summed E-state index contributed by atoms with van der Waals surface area (Å²) >= 11 is 6.51. The molecule has 4 unspecified atom stereocenters. The number of likely N-dealkylation sites (N-methyl/N-ethyl adjacent to an activating group) is 1. The lowest BCUT2D eigenvalue weighted by atomic mass is 9.57. The summed E-state index contributed by atoms with van der Waals surface area (Å²) in [6.07, 6.45) is 1.15. The summed E-state index contributed by atoms with van der Waals surface area (Å²) in [4.78, 5) is 68.0. The molecule has 14 nitrogen and oxygen atoms in total. The predicted molar refractivity (Wildman–Crippen MR) is 159 cm³/mol. The van der Waals surface area contributed by atoms with Crippen LogP contribution in [0, 0.1) is 11.8 Å². The summed E-state index contributed by atoms with van der Waals surface area (Å²) in [6.45, 7) is 2.04. The van der Waals surface area contributed by atoms with Gasteiger partial charge in [0.05, 0.1) is 29.8 Å². The first-order chi connectivity index (χ1) is 21.1. The molecular weight excluding hydrogens is 612 g/mol. The molecule has 5 rings (SSSR count). The Balaban J connectivity index is 1.55. The largest absolute Gasteiger partial charge is 0.508 e. The number of rotatable bonds is 6. The summed E-state index contributed by atoms with van der Waals surface area (Å²) in [7, 11) is 4.29. The number of aliphatic hydroxyl groups excluding tert-OH is 2. The fourth-order valence-electron chi connectivity index (χ4n) is 7.40. The van der Waals surface area contributed by atoms with Crippen LogP contribution in [0.3, 0.4) is 0 Å². The number of amides is 2. The number of carbonyl (C=O) groups excluding carboxylic acids is 5. The molecule has 45 heavy (non-hydrogen) atoms. The summed E-state index contributed by atoms with van der Waals surface area (Å²) in [6, 6.07) is -1.23. The summed E-state index contributed by atoms with van der Waals surface area (Å²) < 4.78 is 4.85. The third-order valence-electron chi connectivity index (χ3n) is 9.56. The first kappa shape index (κ1) is 32.4. The molecule has 0 bridgehead atoms. The van der Waals surface area contributed by atoms with Gasteiger partial charge in [0, 0.05) is 11.5 Å². The topological polar surface area (TPSA) is 220 Å². The van der Waals surface area contributed by atoms with Crippen molar-refractivity contribution in [1.29, 1.82) is 0 Å². The maximum absolute atomic E-state index is 14.0. The lowest BCUT2D eigenvalue weighted by Crippen LogP contribution is -2.65. The van der Waals surface area contributed by atoms with Crippen LogP contribution < -0.4 is 11.1 Å². The highest BCUT2D eigenvalue weighted by atomic mass is 35.5. The van der Waals surface area contributed by atoms with Gasteiger partial charge in [-0.3, -0.25) is 33.8 Å². The SMILES string of the molecule is COC(=O)C1CCCN1C(C)C(=O)Nc1c(Cl)cc2c(c1O)C(O)=C1C(=O)[C@]3(O)C(O)=C(C(N)=O)C(=O)[C@@H](N(C)C)C3CC1C2. The van der Waals surface area contributed by atoms with Crippen LogP contribution in [-0.2, 0) is 35.1 Å². The van der Waals surface area contributed by atoms with Crippen molar-refractivity contribution in [3.63, 3.8) is 0 Å². The Labute approximate surface area is 263 Å². The lowest BCUT2D eigenvalue weighted by Gasteiger charge is -2.50. The number of aliphatic hydroxyl groups is 3. The first-order valence-corrected chi connectivity index (χ1v) is 14.8. The summed E-state index contributed by atoms with van der Waals surface area (Å²) in [5.74, 6) is -8.93. The molecule has 2 amide bonds.